The van der Waals surface area contributed by atoms with Crippen LogP contribution in [0, 0.1) is 0 Å². The maximum Gasteiger partial charge on any atom is 0.238 e. The first kappa shape index (κ1) is 16.1. The van der Waals surface area contributed by atoms with Gasteiger partial charge in [0.05, 0.1) is 4.90 Å². The van der Waals surface area contributed by atoms with Gasteiger partial charge in [-0.1, -0.05) is 24.3 Å². The second kappa shape index (κ2) is 7.12. The van der Waals surface area contributed by atoms with E-state index in [4.69, 9.17) is 10.2 Å². The Kier molecular flexibility index (Phi) is 5.21. The summed E-state index contributed by atoms with van der Waals surface area (Å²) < 4.78 is 22.6. The molecule has 8 heteroatoms. The summed E-state index contributed by atoms with van der Waals surface area (Å²) in [6.45, 7) is 0. The number of aromatic hydroxyl groups is 1. The van der Waals surface area contributed by atoms with Crippen molar-refractivity contribution in [2.24, 2.45) is 5.14 Å². The van der Waals surface area contributed by atoms with Gasteiger partial charge in [-0.15, -0.1) is 11.3 Å². The van der Waals surface area contributed by atoms with E-state index >= 15 is 0 Å². The number of sulfonamides is 1. The van der Waals surface area contributed by atoms with Crippen LogP contribution in [-0.2, 0) is 10.0 Å². The fourth-order valence-electron chi connectivity index (χ4n) is 1.60. The van der Waals surface area contributed by atoms with Crippen molar-refractivity contribution >= 4 is 21.4 Å². The molecule has 0 aliphatic carbocycles. The molecule has 1 aromatic carbocycles. The molecule has 0 saturated heterocycles. The highest BCUT2D eigenvalue weighted by Crippen LogP contribution is 2.27. The highest BCUT2D eigenvalue weighted by molar-refractivity contribution is 7.89. The molecule has 0 bridgehead atoms. The van der Waals surface area contributed by atoms with Crippen molar-refractivity contribution in [1.29, 1.82) is 0 Å². The van der Waals surface area contributed by atoms with Gasteiger partial charge < -0.3 is 5.11 Å². The summed E-state index contributed by atoms with van der Waals surface area (Å²) in [5.41, 5.74) is 0.551. The molecule has 2 aromatic heterocycles. The number of hydrogen-bond acceptors (Lipinski definition) is 6. The third kappa shape index (κ3) is 4.35. The second-order valence-corrected chi connectivity index (χ2v) is 6.49. The molecular formula is C14H13N3O3S2. The van der Waals surface area contributed by atoms with E-state index in [0.717, 1.165) is 0 Å². The molecule has 0 aliphatic heterocycles. The zero-order valence-corrected chi connectivity index (χ0v) is 13.0. The summed E-state index contributed by atoms with van der Waals surface area (Å²) in [4.78, 5) is 7.70. The molecule has 0 atom stereocenters. The molecule has 114 valence electrons. The van der Waals surface area contributed by atoms with Crippen molar-refractivity contribution in [3.05, 3.63) is 60.2 Å². The van der Waals surface area contributed by atoms with Gasteiger partial charge in [0.1, 0.15) is 5.01 Å². The van der Waals surface area contributed by atoms with Crippen LogP contribution in [0.25, 0.3) is 10.6 Å². The van der Waals surface area contributed by atoms with Crippen molar-refractivity contribution < 1.29 is 13.5 Å². The van der Waals surface area contributed by atoms with E-state index < -0.39 is 10.0 Å². The Bertz CT molecular complexity index is 820. The third-order valence-electron chi connectivity index (χ3n) is 2.51. The Morgan fingerprint density at radius 2 is 1.73 bits per heavy atom. The summed E-state index contributed by atoms with van der Waals surface area (Å²) in [7, 11) is -3.69. The summed E-state index contributed by atoms with van der Waals surface area (Å²) in [5, 5.41) is 16.1. The van der Waals surface area contributed by atoms with Crippen molar-refractivity contribution in [1.82, 2.24) is 9.97 Å². The number of nitrogens with zero attached hydrogens (tertiary/aromatic N) is 2. The van der Waals surface area contributed by atoms with Gasteiger partial charge in [-0.05, 0) is 12.1 Å². The molecule has 3 N–H and O–H groups in total. The van der Waals surface area contributed by atoms with Crippen LogP contribution in [0.2, 0.25) is 0 Å². The van der Waals surface area contributed by atoms with Crippen molar-refractivity contribution in [3.8, 4) is 16.5 Å². The maximum absolute atomic E-state index is 11.3. The standard InChI is InChI=1S/C9H8N2O2S2.C5H5NO/c10-15(12,13)8-4-2-1-3-7(8)9-11-5-6-14-9;7-5-3-1-2-4-6-5/h1-6H,(H2,10,12,13);1-4H,(H,6,7). The quantitative estimate of drug-likeness (QED) is 0.747. The molecule has 0 amide bonds. The van der Waals surface area contributed by atoms with E-state index in [0.29, 0.717) is 10.6 Å². The number of pyridine rings is 1. The van der Waals surface area contributed by atoms with Crippen LogP contribution in [0.4, 0.5) is 0 Å². The van der Waals surface area contributed by atoms with E-state index in [9.17, 15) is 8.42 Å². The average molecular weight is 335 g/mol. The van der Waals surface area contributed by atoms with Gasteiger partial charge in [-0.3, -0.25) is 0 Å². The molecule has 0 unspecified atom stereocenters. The molecule has 0 radical (unpaired) electrons. The normalized spacial score (nSPS) is 10.6. The lowest BCUT2D eigenvalue weighted by atomic mass is 10.2. The molecule has 0 fully saturated rings. The highest BCUT2D eigenvalue weighted by Gasteiger charge is 2.15. The lowest BCUT2D eigenvalue weighted by Gasteiger charge is -2.03. The van der Waals surface area contributed by atoms with Crippen molar-refractivity contribution in [3.63, 3.8) is 0 Å². The minimum Gasteiger partial charge on any atom is -0.493 e. The number of hydrogen-bond donors (Lipinski definition) is 2. The second-order valence-electron chi connectivity index (χ2n) is 4.07. The molecule has 0 aliphatic rings. The van der Waals surface area contributed by atoms with Gasteiger partial charge in [-0.2, -0.15) is 0 Å². The zero-order chi connectivity index (χ0) is 16.0. The number of benzene rings is 1. The molecule has 2 heterocycles. The molecule has 3 aromatic rings. The van der Waals surface area contributed by atoms with Gasteiger partial charge in [0.15, 0.2) is 0 Å². The number of nitrogens with two attached hydrogens (primary N) is 1. The Balaban J connectivity index is 0.000000211. The predicted molar refractivity (Wildman–Crippen MR) is 84.8 cm³/mol. The SMILES string of the molecule is NS(=O)(=O)c1ccccc1-c1nccs1.Oc1ccccn1. The van der Waals surface area contributed by atoms with E-state index in [-0.39, 0.29) is 10.8 Å². The maximum atomic E-state index is 11.3. The topological polar surface area (TPSA) is 106 Å². The molecule has 6 nitrogen and oxygen atoms in total. The Morgan fingerprint density at radius 1 is 1.00 bits per heavy atom. The number of thiazole rings is 1. The largest absolute Gasteiger partial charge is 0.493 e. The zero-order valence-electron chi connectivity index (χ0n) is 11.3. The summed E-state index contributed by atoms with van der Waals surface area (Å²) in [6, 6.07) is 11.6. The lowest BCUT2D eigenvalue weighted by Crippen LogP contribution is -2.13. The smallest absolute Gasteiger partial charge is 0.238 e. The first-order valence-electron chi connectivity index (χ1n) is 6.10. The van der Waals surface area contributed by atoms with Gasteiger partial charge in [-0.25, -0.2) is 23.5 Å². The molecule has 0 spiro atoms. The minimum atomic E-state index is -3.69. The van der Waals surface area contributed by atoms with Crippen LogP contribution in [0.15, 0.2) is 65.1 Å². The van der Waals surface area contributed by atoms with Crippen LogP contribution in [0.3, 0.4) is 0 Å². The Hall–Kier alpha value is -2.29. The summed E-state index contributed by atoms with van der Waals surface area (Å²) in [6.07, 6.45) is 3.16. The number of aromatic nitrogens is 2. The summed E-state index contributed by atoms with van der Waals surface area (Å²) >= 11 is 1.38. The van der Waals surface area contributed by atoms with Crippen molar-refractivity contribution in [2.75, 3.05) is 0 Å². The Morgan fingerprint density at radius 3 is 2.23 bits per heavy atom. The van der Waals surface area contributed by atoms with Crippen LogP contribution < -0.4 is 5.14 Å². The fraction of sp³-hybridized carbons (Fsp3) is 0. The molecular weight excluding hydrogens is 322 g/mol. The monoisotopic (exact) mass is 335 g/mol. The van der Waals surface area contributed by atoms with Gasteiger partial charge in [0.2, 0.25) is 15.9 Å². The van der Waals surface area contributed by atoms with Crippen LogP contribution in [-0.4, -0.2) is 23.5 Å². The van der Waals surface area contributed by atoms with Crippen LogP contribution in [0.1, 0.15) is 0 Å². The van der Waals surface area contributed by atoms with Crippen LogP contribution in [0.5, 0.6) is 5.88 Å². The van der Waals surface area contributed by atoms with Crippen molar-refractivity contribution in [2.45, 2.75) is 4.90 Å². The molecule has 0 saturated carbocycles. The fourth-order valence-corrected chi connectivity index (χ4v) is 3.08. The predicted octanol–water partition coefficient (Wildman–Crippen LogP) is 2.24. The first-order valence-corrected chi connectivity index (χ1v) is 8.53. The van der Waals surface area contributed by atoms with Gasteiger partial charge in [0.25, 0.3) is 0 Å². The highest BCUT2D eigenvalue weighted by atomic mass is 32.2. The first-order chi connectivity index (χ1) is 10.5. The van der Waals surface area contributed by atoms with E-state index in [2.05, 4.69) is 9.97 Å². The van der Waals surface area contributed by atoms with E-state index in [1.54, 1.807) is 41.9 Å². The minimum absolute atomic E-state index is 0.0718. The van der Waals surface area contributed by atoms with Crippen LogP contribution >= 0.6 is 11.3 Å². The van der Waals surface area contributed by atoms with Gasteiger partial charge >= 0.3 is 0 Å². The Labute approximate surface area is 132 Å². The van der Waals surface area contributed by atoms with E-state index in [1.165, 1.54) is 29.7 Å². The average Bonchev–Trinajstić information content (AvgIpc) is 3.02. The molecule has 22 heavy (non-hydrogen) atoms. The number of primary sulfonamides is 1. The summed E-state index contributed by atoms with van der Waals surface area (Å²) in [5.74, 6) is 0.0718. The van der Waals surface area contributed by atoms with E-state index in [1.807, 2.05) is 0 Å². The molecule has 3 rings (SSSR count). The third-order valence-corrected chi connectivity index (χ3v) is 4.28. The van der Waals surface area contributed by atoms with Gasteiger partial charge in [0, 0.05) is 29.4 Å². The lowest BCUT2D eigenvalue weighted by molar-refractivity contribution is 0.453. The number of rotatable bonds is 2.